The Hall–Kier alpha value is -3.63. The summed E-state index contributed by atoms with van der Waals surface area (Å²) in [5.41, 5.74) is 4.13. The Bertz CT molecular complexity index is 1440. The largest absolute Gasteiger partial charge is 0.759 e. The molecule has 0 spiro atoms. The highest BCUT2D eigenvalue weighted by Crippen LogP contribution is 2.24. The van der Waals surface area contributed by atoms with Crippen molar-refractivity contribution in [2.24, 2.45) is 34.6 Å². The van der Waals surface area contributed by atoms with Crippen LogP contribution in [-0.2, 0) is 24.5 Å². The molecule has 0 amide bonds. The van der Waals surface area contributed by atoms with E-state index in [1.54, 1.807) is 22.7 Å². The van der Waals surface area contributed by atoms with Crippen molar-refractivity contribution in [1.82, 2.24) is 0 Å². The fourth-order valence-corrected chi connectivity index (χ4v) is 5.26. The van der Waals surface area contributed by atoms with Crippen LogP contribution < -0.4 is 18.9 Å². The van der Waals surface area contributed by atoms with Crippen LogP contribution in [0, 0.1) is 0 Å². The number of azo groups is 2. The molecule has 0 fully saturated rings. The quantitative estimate of drug-likeness (QED) is 0.0851. The lowest BCUT2D eigenvalue weighted by molar-refractivity contribution is -0.654. The van der Waals surface area contributed by atoms with Crippen LogP contribution in [0.25, 0.3) is 0 Å². The number of aryl methyl sites for hydroxylation is 2. The van der Waals surface area contributed by atoms with Gasteiger partial charge in [-0.25, -0.2) is 9.13 Å². The third-order valence-electron chi connectivity index (χ3n) is 6.07. The molecule has 4 aromatic rings. The van der Waals surface area contributed by atoms with Crippen molar-refractivity contribution >= 4 is 66.1 Å². The zero-order valence-corrected chi connectivity index (χ0v) is 26.3. The summed E-state index contributed by atoms with van der Waals surface area (Å²) < 4.78 is 38.0. The van der Waals surface area contributed by atoms with Crippen molar-refractivity contribution in [3.63, 3.8) is 0 Å². The third kappa shape index (κ3) is 11.0. The Kier molecular flexibility index (Phi) is 12.6. The Morgan fingerprint density at radius 1 is 0.690 bits per heavy atom. The van der Waals surface area contributed by atoms with E-state index in [1.165, 1.54) is 11.4 Å². The van der Waals surface area contributed by atoms with Crippen molar-refractivity contribution in [2.75, 3.05) is 36.0 Å². The second kappa shape index (κ2) is 16.1. The van der Waals surface area contributed by atoms with Gasteiger partial charge in [-0.05, 0) is 102 Å². The van der Waals surface area contributed by atoms with Crippen LogP contribution in [0.5, 0.6) is 0 Å². The van der Waals surface area contributed by atoms with Gasteiger partial charge in [0.15, 0.2) is 0 Å². The van der Waals surface area contributed by atoms with Gasteiger partial charge in [-0.3, -0.25) is 8.42 Å². The molecule has 0 N–H and O–H groups in total. The second-order valence-corrected chi connectivity index (χ2v) is 11.5. The predicted octanol–water partition coefficient (Wildman–Crippen LogP) is 5.69. The molecule has 0 aliphatic carbocycles. The van der Waals surface area contributed by atoms with Gasteiger partial charge in [0.2, 0.25) is 0 Å². The highest BCUT2D eigenvalue weighted by Gasteiger charge is 2.11. The zero-order valence-electron chi connectivity index (χ0n) is 23.9. The molecule has 2 aromatic heterocycles. The summed E-state index contributed by atoms with van der Waals surface area (Å²) in [4.78, 5) is 4.81. The van der Waals surface area contributed by atoms with E-state index in [1.807, 2.05) is 70.6 Å². The number of hydrogen-bond donors (Lipinski definition) is 0. The summed E-state index contributed by atoms with van der Waals surface area (Å²) in [6.45, 7) is 8.29. The lowest BCUT2D eigenvalue weighted by atomic mass is 10.2. The van der Waals surface area contributed by atoms with Gasteiger partial charge in [0.05, 0.1) is 24.3 Å². The topological polar surface area (TPSA) is 144 Å². The van der Waals surface area contributed by atoms with Gasteiger partial charge in [0, 0.05) is 58.7 Å². The Morgan fingerprint density at radius 3 is 1.33 bits per heavy atom. The van der Waals surface area contributed by atoms with E-state index in [-0.39, 0.29) is 0 Å². The van der Waals surface area contributed by atoms with E-state index in [9.17, 15) is 0 Å². The monoisotopic (exact) mass is 630 g/mol. The summed E-state index contributed by atoms with van der Waals surface area (Å²) in [5, 5.41) is 23.2. The van der Waals surface area contributed by atoms with E-state index in [0.29, 0.717) is 0 Å². The molecule has 0 aliphatic heterocycles. The molecular weight excluding hydrogens is 597 g/mol. The second-order valence-electron chi connectivity index (χ2n) is 8.95. The van der Waals surface area contributed by atoms with E-state index >= 15 is 0 Å². The van der Waals surface area contributed by atoms with Gasteiger partial charge >= 0.3 is 10.3 Å². The normalized spacial score (nSPS) is 11.6. The average molecular weight is 631 g/mol. The van der Waals surface area contributed by atoms with Gasteiger partial charge in [0.1, 0.15) is 23.8 Å². The summed E-state index contributed by atoms with van der Waals surface area (Å²) >= 11 is 3.15. The van der Waals surface area contributed by atoms with Crippen LogP contribution in [-0.4, -0.2) is 43.7 Å². The molecular formula is C27H34N8O4S3. The average Bonchev–Trinajstić information content (AvgIpc) is 3.57. The minimum atomic E-state index is -5.17. The number of aromatic nitrogens is 2. The lowest BCUT2D eigenvalue weighted by Crippen LogP contribution is -2.30. The SMILES string of the molecule is CCN(CCCN(CC)c1ccc(N=Nc2scc[n+]2C)cc1)c1ccc(N=Nc2scc[n+]2C)cc1.O=S(=O)([O-])[O-]. The van der Waals surface area contributed by atoms with Gasteiger partial charge in [-0.15, -0.1) is 0 Å². The molecule has 0 radical (unpaired) electrons. The van der Waals surface area contributed by atoms with Crippen LogP contribution in [0.4, 0.5) is 33.0 Å². The molecule has 224 valence electrons. The molecule has 0 saturated carbocycles. The van der Waals surface area contributed by atoms with Crippen LogP contribution in [0.15, 0.2) is 92.1 Å². The van der Waals surface area contributed by atoms with Crippen molar-refractivity contribution in [3.05, 3.63) is 71.7 Å². The van der Waals surface area contributed by atoms with Gasteiger partial charge < -0.3 is 18.9 Å². The first-order chi connectivity index (χ1) is 20.1. The molecule has 15 heteroatoms. The third-order valence-corrected chi connectivity index (χ3v) is 7.75. The highest BCUT2D eigenvalue weighted by molar-refractivity contribution is 7.79. The number of thiazole rings is 2. The zero-order chi connectivity index (χ0) is 30.5. The minimum absolute atomic E-state index is 0.859. The van der Waals surface area contributed by atoms with Crippen molar-refractivity contribution in [1.29, 1.82) is 0 Å². The van der Waals surface area contributed by atoms with E-state index in [2.05, 4.69) is 68.4 Å². The molecule has 4 rings (SSSR count). The molecule has 2 aromatic carbocycles. The highest BCUT2D eigenvalue weighted by atomic mass is 32.3. The number of rotatable bonds is 12. The Labute approximate surface area is 254 Å². The van der Waals surface area contributed by atoms with Gasteiger partial charge in [0.25, 0.3) is 0 Å². The van der Waals surface area contributed by atoms with Crippen LogP contribution >= 0.6 is 22.7 Å². The summed E-state index contributed by atoms with van der Waals surface area (Å²) in [6.07, 6.45) is 5.03. The molecule has 42 heavy (non-hydrogen) atoms. The summed E-state index contributed by atoms with van der Waals surface area (Å²) in [6, 6.07) is 16.7. The molecule has 2 heterocycles. The first-order valence-corrected chi connectivity index (χ1v) is 16.2. The van der Waals surface area contributed by atoms with Crippen LogP contribution in [0.2, 0.25) is 0 Å². The Morgan fingerprint density at radius 2 is 1.05 bits per heavy atom. The maximum atomic E-state index is 8.52. The van der Waals surface area contributed by atoms with Crippen LogP contribution in [0.3, 0.4) is 0 Å². The number of hydrogen-bond acceptors (Lipinski definition) is 12. The summed E-state index contributed by atoms with van der Waals surface area (Å²) in [7, 11) is -1.22. The fourth-order valence-electron chi connectivity index (χ4n) is 3.90. The predicted molar refractivity (Wildman–Crippen MR) is 163 cm³/mol. The molecule has 0 aliphatic rings. The Balaban J connectivity index is 0.000000892. The maximum absolute atomic E-state index is 8.52. The molecule has 0 unspecified atom stereocenters. The van der Waals surface area contributed by atoms with Gasteiger partial charge in [-0.1, -0.05) is 0 Å². The van der Waals surface area contributed by atoms with Crippen molar-refractivity contribution in [3.8, 4) is 0 Å². The van der Waals surface area contributed by atoms with Gasteiger partial charge in [-0.2, -0.15) is 0 Å². The van der Waals surface area contributed by atoms with E-state index in [4.69, 9.17) is 17.5 Å². The standard InChI is InChI=1S/C27H34N8S2.H2O4S/c1-5-34(24-12-8-22(9-13-24)28-30-26-32(3)18-20-36-26)16-7-17-35(6-2)25-14-10-23(11-15-25)29-31-27-33(4)19-21-37-27;1-5(2,3)4/h8-15,18-21H,5-7,16-17H2,1-4H3;(H2,1,2,3,4)/q+2;/p-2. The molecule has 0 saturated heterocycles. The van der Waals surface area contributed by atoms with Crippen LogP contribution in [0.1, 0.15) is 20.3 Å². The van der Waals surface area contributed by atoms with E-state index < -0.39 is 10.4 Å². The minimum Gasteiger partial charge on any atom is -0.759 e. The maximum Gasteiger partial charge on any atom is 0.408 e. The van der Waals surface area contributed by atoms with E-state index in [0.717, 1.165) is 54.2 Å². The van der Waals surface area contributed by atoms with Crippen molar-refractivity contribution < 1.29 is 26.7 Å². The fraction of sp³-hybridized carbons (Fsp3) is 0.333. The molecule has 12 nitrogen and oxygen atoms in total. The number of anilines is 2. The lowest BCUT2D eigenvalue weighted by Gasteiger charge is -2.27. The first kappa shape index (κ1) is 32.9. The smallest absolute Gasteiger partial charge is 0.408 e. The molecule has 0 bridgehead atoms. The van der Waals surface area contributed by atoms with Crippen molar-refractivity contribution in [2.45, 2.75) is 20.3 Å². The molecule has 0 atom stereocenters. The first-order valence-electron chi connectivity index (χ1n) is 13.1. The number of nitrogens with zero attached hydrogens (tertiary/aromatic N) is 8. The number of benzene rings is 2. The summed E-state index contributed by atoms with van der Waals surface area (Å²) in [5.74, 6) is 0.